The van der Waals surface area contributed by atoms with E-state index < -0.39 is 0 Å². The van der Waals surface area contributed by atoms with E-state index in [4.69, 9.17) is 4.74 Å². The molecule has 1 amide bonds. The van der Waals surface area contributed by atoms with Crippen LogP contribution in [0.2, 0.25) is 0 Å². The van der Waals surface area contributed by atoms with Crippen molar-refractivity contribution in [2.45, 2.75) is 19.4 Å². The second-order valence-electron chi connectivity index (χ2n) is 4.01. The molecule has 0 radical (unpaired) electrons. The number of amides is 1. The topological polar surface area (TPSA) is 56.1 Å². The first-order chi connectivity index (χ1) is 7.81. The molecule has 0 aliphatic carbocycles. The summed E-state index contributed by atoms with van der Waals surface area (Å²) in [5.74, 6) is 1.19. The quantitative estimate of drug-likeness (QED) is 0.742. The Kier molecular flexibility index (Phi) is 3.56. The summed E-state index contributed by atoms with van der Waals surface area (Å²) in [4.78, 5) is 16.0. The summed E-state index contributed by atoms with van der Waals surface area (Å²) in [6.45, 7) is 2.03. The van der Waals surface area contributed by atoms with Gasteiger partial charge in [-0.25, -0.2) is 4.98 Å². The SMILES string of the molecule is COCCNC(=O)C1CCn2ccnc2C1. The largest absolute Gasteiger partial charge is 0.383 e. The predicted octanol–water partition coefficient (Wildman–Crippen LogP) is 0.208. The molecule has 0 spiro atoms. The summed E-state index contributed by atoms with van der Waals surface area (Å²) in [6.07, 6.45) is 5.39. The minimum absolute atomic E-state index is 0.0618. The number of carbonyl (C=O) groups is 1. The van der Waals surface area contributed by atoms with E-state index in [1.54, 1.807) is 13.3 Å². The summed E-state index contributed by atoms with van der Waals surface area (Å²) >= 11 is 0. The molecule has 5 heteroatoms. The molecule has 1 aromatic heterocycles. The highest BCUT2D eigenvalue weighted by Crippen LogP contribution is 2.18. The van der Waals surface area contributed by atoms with Crippen LogP contribution in [0, 0.1) is 5.92 Å². The molecular formula is C11H17N3O2. The van der Waals surface area contributed by atoms with Crippen LogP contribution >= 0.6 is 0 Å². The highest BCUT2D eigenvalue weighted by molar-refractivity contribution is 5.78. The lowest BCUT2D eigenvalue weighted by atomic mass is 9.97. The van der Waals surface area contributed by atoms with Gasteiger partial charge < -0.3 is 14.6 Å². The Labute approximate surface area is 94.8 Å². The number of rotatable bonds is 4. The highest BCUT2D eigenvalue weighted by Gasteiger charge is 2.24. The third kappa shape index (κ3) is 2.41. The Balaban J connectivity index is 1.86. The van der Waals surface area contributed by atoms with Crippen molar-refractivity contribution >= 4 is 5.91 Å². The number of nitrogens with one attached hydrogen (secondary N) is 1. The third-order valence-corrected chi connectivity index (χ3v) is 2.93. The molecule has 2 heterocycles. The number of aromatic nitrogens is 2. The second kappa shape index (κ2) is 5.12. The van der Waals surface area contributed by atoms with E-state index in [2.05, 4.69) is 14.9 Å². The van der Waals surface area contributed by atoms with Gasteiger partial charge in [-0.1, -0.05) is 0 Å². The van der Waals surface area contributed by atoms with Crippen LogP contribution in [0.4, 0.5) is 0 Å². The molecule has 1 N–H and O–H groups in total. The van der Waals surface area contributed by atoms with Crippen LogP contribution in [0.3, 0.4) is 0 Å². The van der Waals surface area contributed by atoms with Gasteiger partial charge in [-0.2, -0.15) is 0 Å². The molecule has 1 atom stereocenters. The van der Waals surface area contributed by atoms with Crippen molar-refractivity contribution in [2.24, 2.45) is 5.92 Å². The van der Waals surface area contributed by atoms with Gasteiger partial charge in [0.1, 0.15) is 5.82 Å². The summed E-state index contributed by atoms with van der Waals surface area (Å²) in [5.41, 5.74) is 0. The van der Waals surface area contributed by atoms with E-state index in [0.29, 0.717) is 13.2 Å². The minimum Gasteiger partial charge on any atom is -0.383 e. The van der Waals surface area contributed by atoms with Crippen LogP contribution < -0.4 is 5.32 Å². The van der Waals surface area contributed by atoms with Gasteiger partial charge in [0.05, 0.1) is 6.61 Å². The average molecular weight is 223 g/mol. The predicted molar refractivity (Wildman–Crippen MR) is 58.9 cm³/mol. The lowest BCUT2D eigenvalue weighted by Gasteiger charge is -2.22. The maximum absolute atomic E-state index is 11.8. The Bertz CT molecular complexity index is 362. The molecule has 1 aliphatic heterocycles. The third-order valence-electron chi connectivity index (χ3n) is 2.93. The van der Waals surface area contributed by atoms with E-state index in [9.17, 15) is 4.79 Å². The van der Waals surface area contributed by atoms with Crippen molar-refractivity contribution in [1.82, 2.24) is 14.9 Å². The molecule has 0 aromatic carbocycles. The second-order valence-corrected chi connectivity index (χ2v) is 4.01. The van der Waals surface area contributed by atoms with E-state index in [-0.39, 0.29) is 11.8 Å². The van der Waals surface area contributed by atoms with Gasteiger partial charge in [0.25, 0.3) is 0 Å². The number of fused-ring (bicyclic) bond motifs is 1. The molecule has 0 fully saturated rings. The van der Waals surface area contributed by atoms with Gasteiger partial charge in [0, 0.05) is 44.9 Å². The fourth-order valence-electron chi connectivity index (χ4n) is 2.00. The van der Waals surface area contributed by atoms with Crippen molar-refractivity contribution < 1.29 is 9.53 Å². The van der Waals surface area contributed by atoms with Gasteiger partial charge >= 0.3 is 0 Å². The van der Waals surface area contributed by atoms with E-state index in [0.717, 1.165) is 25.2 Å². The lowest BCUT2D eigenvalue weighted by molar-refractivity contribution is -0.125. The van der Waals surface area contributed by atoms with E-state index in [1.807, 2.05) is 6.20 Å². The first-order valence-corrected chi connectivity index (χ1v) is 5.58. The van der Waals surface area contributed by atoms with Crippen molar-refractivity contribution in [2.75, 3.05) is 20.3 Å². The Hall–Kier alpha value is -1.36. The minimum atomic E-state index is 0.0618. The molecule has 88 valence electrons. The smallest absolute Gasteiger partial charge is 0.223 e. The van der Waals surface area contributed by atoms with Gasteiger partial charge in [-0.15, -0.1) is 0 Å². The average Bonchev–Trinajstić information content (AvgIpc) is 2.76. The summed E-state index contributed by atoms with van der Waals surface area (Å²) < 4.78 is 7.00. The van der Waals surface area contributed by atoms with Crippen LogP contribution in [-0.4, -0.2) is 35.7 Å². The number of ether oxygens (including phenoxy) is 1. The summed E-state index contributed by atoms with van der Waals surface area (Å²) in [5, 5.41) is 2.88. The summed E-state index contributed by atoms with van der Waals surface area (Å²) in [6, 6.07) is 0. The van der Waals surface area contributed by atoms with Crippen molar-refractivity contribution in [3.63, 3.8) is 0 Å². The Morgan fingerprint density at radius 1 is 1.75 bits per heavy atom. The van der Waals surface area contributed by atoms with E-state index >= 15 is 0 Å². The zero-order valence-electron chi connectivity index (χ0n) is 9.48. The van der Waals surface area contributed by atoms with Crippen LogP contribution in [0.1, 0.15) is 12.2 Å². The van der Waals surface area contributed by atoms with Crippen molar-refractivity contribution in [1.29, 1.82) is 0 Å². The first-order valence-electron chi connectivity index (χ1n) is 5.58. The fourth-order valence-corrected chi connectivity index (χ4v) is 2.00. The standard InChI is InChI=1S/C11H17N3O2/c1-16-7-4-13-11(15)9-2-5-14-6-3-12-10(14)8-9/h3,6,9H,2,4-5,7-8H2,1H3,(H,13,15). The molecule has 0 bridgehead atoms. The van der Waals surface area contributed by atoms with Gasteiger partial charge in [-0.05, 0) is 6.42 Å². The lowest BCUT2D eigenvalue weighted by Crippen LogP contribution is -2.36. The van der Waals surface area contributed by atoms with Gasteiger partial charge in [0.2, 0.25) is 5.91 Å². The van der Waals surface area contributed by atoms with Gasteiger partial charge in [0.15, 0.2) is 0 Å². The molecule has 5 nitrogen and oxygen atoms in total. The normalized spacial score (nSPS) is 19.2. The molecular weight excluding hydrogens is 206 g/mol. The summed E-state index contributed by atoms with van der Waals surface area (Å²) in [7, 11) is 1.63. The fraction of sp³-hybridized carbons (Fsp3) is 0.636. The number of hydrogen-bond acceptors (Lipinski definition) is 3. The molecule has 0 saturated carbocycles. The molecule has 2 rings (SSSR count). The number of imidazole rings is 1. The van der Waals surface area contributed by atoms with Crippen LogP contribution in [0.25, 0.3) is 0 Å². The number of hydrogen-bond donors (Lipinski definition) is 1. The number of methoxy groups -OCH3 is 1. The van der Waals surface area contributed by atoms with Crippen LogP contribution in [-0.2, 0) is 22.5 Å². The maximum Gasteiger partial charge on any atom is 0.223 e. The number of aryl methyl sites for hydroxylation is 1. The van der Waals surface area contributed by atoms with Crippen LogP contribution in [0.15, 0.2) is 12.4 Å². The zero-order chi connectivity index (χ0) is 11.4. The molecule has 16 heavy (non-hydrogen) atoms. The van der Waals surface area contributed by atoms with Crippen molar-refractivity contribution in [3.05, 3.63) is 18.2 Å². The van der Waals surface area contributed by atoms with E-state index in [1.165, 1.54) is 0 Å². The Morgan fingerprint density at radius 3 is 3.44 bits per heavy atom. The molecule has 1 aromatic rings. The maximum atomic E-state index is 11.8. The monoisotopic (exact) mass is 223 g/mol. The highest BCUT2D eigenvalue weighted by atomic mass is 16.5. The van der Waals surface area contributed by atoms with Crippen LogP contribution in [0.5, 0.6) is 0 Å². The molecule has 1 unspecified atom stereocenters. The zero-order valence-corrected chi connectivity index (χ0v) is 9.48. The van der Waals surface area contributed by atoms with Gasteiger partial charge in [-0.3, -0.25) is 4.79 Å². The number of carbonyl (C=O) groups excluding carboxylic acids is 1. The Morgan fingerprint density at radius 2 is 2.62 bits per heavy atom. The first kappa shape index (κ1) is 11.1. The molecule has 0 saturated heterocycles. The number of nitrogens with zero attached hydrogens (tertiary/aromatic N) is 2. The van der Waals surface area contributed by atoms with Crippen molar-refractivity contribution in [3.8, 4) is 0 Å². The molecule has 1 aliphatic rings.